The summed E-state index contributed by atoms with van der Waals surface area (Å²) >= 11 is 0. The SMILES string of the molecule is CCC(C)(CC)CC.CCC(CC)(CC)CC.CCCC.CCCC.CCCc1ccccc1. The van der Waals surface area contributed by atoms with Crippen molar-refractivity contribution >= 4 is 0 Å². The Hall–Kier alpha value is -0.780. The molecule has 0 aromatic heterocycles. The van der Waals surface area contributed by atoms with Crippen LogP contribution in [0.3, 0.4) is 0 Å². The number of hydrogen-bond donors (Lipinski definition) is 0. The molecule has 0 fully saturated rings. The quantitative estimate of drug-likeness (QED) is 0.296. The highest BCUT2D eigenvalue weighted by Gasteiger charge is 2.20. The molecule has 206 valence electrons. The smallest absolute Gasteiger partial charge is 0.0281 e. The summed E-state index contributed by atoms with van der Waals surface area (Å²) in [6.07, 6.45) is 17.1. The first-order valence-electron chi connectivity index (χ1n) is 15.2. The van der Waals surface area contributed by atoms with Crippen molar-refractivity contribution in [2.24, 2.45) is 10.8 Å². The third-order valence-electron chi connectivity index (χ3n) is 7.94. The van der Waals surface area contributed by atoms with Gasteiger partial charge in [0.15, 0.2) is 0 Å². The highest BCUT2D eigenvalue weighted by atomic mass is 14.3. The lowest BCUT2D eigenvalue weighted by Crippen LogP contribution is -2.15. The molecule has 0 heteroatoms. The van der Waals surface area contributed by atoms with E-state index in [2.05, 4.69) is 120 Å². The Labute approximate surface area is 220 Å². The number of rotatable bonds is 11. The first-order chi connectivity index (χ1) is 16.2. The Balaban J connectivity index is -0.000000172. The van der Waals surface area contributed by atoms with Crippen molar-refractivity contribution in [3.63, 3.8) is 0 Å². The van der Waals surface area contributed by atoms with Crippen LogP contribution in [0.5, 0.6) is 0 Å². The molecule has 0 aliphatic carbocycles. The van der Waals surface area contributed by atoms with Crippen LogP contribution in [0.15, 0.2) is 30.3 Å². The van der Waals surface area contributed by atoms with Crippen LogP contribution >= 0.6 is 0 Å². The maximum Gasteiger partial charge on any atom is -0.0281 e. The molecule has 0 heterocycles. The Morgan fingerprint density at radius 1 is 0.441 bits per heavy atom. The molecule has 0 unspecified atom stereocenters. The maximum atomic E-state index is 2.35. The predicted octanol–water partition coefficient (Wildman–Crippen LogP) is 13.1. The van der Waals surface area contributed by atoms with Crippen LogP contribution in [0.2, 0.25) is 0 Å². The molecule has 0 atom stereocenters. The summed E-state index contributed by atoms with van der Waals surface area (Å²) < 4.78 is 0. The van der Waals surface area contributed by atoms with Gasteiger partial charge in [0.25, 0.3) is 0 Å². The molecule has 0 saturated carbocycles. The minimum absolute atomic E-state index is 0.625. The lowest BCUT2D eigenvalue weighted by atomic mass is 9.78. The summed E-state index contributed by atoms with van der Waals surface area (Å²) in [7, 11) is 0. The van der Waals surface area contributed by atoms with Crippen molar-refractivity contribution in [3.8, 4) is 0 Å². The molecule has 0 N–H and O–H groups in total. The van der Waals surface area contributed by atoms with Crippen LogP contribution in [0.25, 0.3) is 0 Å². The highest BCUT2D eigenvalue weighted by Crippen LogP contribution is 2.33. The van der Waals surface area contributed by atoms with Gasteiger partial charge in [0.2, 0.25) is 0 Å². The summed E-state index contributed by atoms with van der Waals surface area (Å²) in [6.45, 7) is 29.3. The van der Waals surface area contributed by atoms with Crippen molar-refractivity contribution in [1.82, 2.24) is 0 Å². The summed E-state index contributed by atoms with van der Waals surface area (Å²) in [4.78, 5) is 0. The van der Waals surface area contributed by atoms with Gasteiger partial charge < -0.3 is 0 Å². The lowest BCUT2D eigenvalue weighted by molar-refractivity contribution is 0.240. The van der Waals surface area contributed by atoms with E-state index < -0.39 is 0 Å². The first-order valence-corrected chi connectivity index (χ1v) is 15.2. The Morgan fingerprint density at radius 2 is 0.765 bits per heavy atom. The molecule has 34 heavy (non-hydrogen) atoms. The molecule has 0 saturated heterocycles. The molecule has 0 spiro atoms. The third-order valence-corrected chi connectivity index (χ3v) is 7.94. The van der Waals surface area contributed by atoms with Crippen LogP contribution < -0.4 is 0 Å². The zero-order valence-electron chi connectivity index (χ0n) is 26.6. The van der Waals surface area contributed by atoms with Crippen LogP contribution in [0.4, 0.5) is 0 Å². The van der Waals surface area contributed by atoms with Gasteiger partial charge in [-0.25, -0.2) is 0 Å². The second-order valence-corrected chi connectivity index (χ2v) is 10.0. The second-order valence-electron chi connectivity index (χ2n) is 10.0. The van der Waals surface area contributed by atoms with Crippen molar-refractivity contribution in [3.05, 3.63) is 35.9 Å². The summed E-state index contributed by atoms with van der Waals surface area (Å²) in [5.74, 6) is 0. The molecule has 1 rings (SSSR count). The van der Waals surface area contributed by atoms with Gasteiger partial charge in [0.1, 0.15) is 0 Å². The van der Waals surface area contributed by atoms with E-state index >= 15 is 0 Å². The van der Waals surface area contributed by atoms with Gasteiger partial charge in [-0.15, -0.1) is 0 Å². The minimum atomic E-state index is 0.625. The van der Waals surface area contributed by atoms with Gasteiger partial charge >= 0.3 is 0 Å². The Morgan fingerprint density at radius 3 is 0.912 bits per heavy atom. The highest BCUT2D eigenvalue weighted by molar-refractivity contribution is 5.14. The van der Waals surface area contributed by atoms with Crippen LogP contribution in [-0.2, 0) is 6.42 Å². The largest absolute Gasteiger partial charge is 0.0654 e. The number of hydrogen-bond acceptors (Lipinski definition) is 0. The van der Waals surface area contributed by atoms with E-state index in [4.69, 9.17) is 0 Å². The van der Waals surface area contributed by atoms with Gasteiger partial charge in [-0.3, -0.25) is 0 Å². The summed E-state index contributed by atoms with van der Waals surface area (Å²) in [6, 6.07) is 10.6. The summed E-state index contributed by atoms with van der Waals surface area (Å²) in [5, 5.41) is 0. The van der Waals surface area contributed by atoms with E-state index in [1.807, 2.05) is 0 Å². The normalized spacial score (nSPS) is 10.3. The standard InChI is InChI=1S/C9H12.C9H20.C8H18.2C4H10/c1-2-6-9-7-4-3-5-8-9;1-5-9(6-2,7-3)8-4;1-5-8(4,6-2)7-3;2*1-3-4-2/h3-5,7-8H,2,6H2,1H3;5-8H2,1-4H3;5-7H2,1-4H3;2*3-4H2,1-2H3. The van der Waals surface area contributed by atoms with E-state index in [0.717, 1.165) is 0 Å². The summed E-state index contributed by atoms with van der Waals surface area (Å²) in [5.41, 5.74) is 2.74. The monoisotopic (exact) mass is 479 g/mol. The first kappa shape index (κ1) is 40.4. The fourth-order valence-electron chi connectivity index (χ4n) is 3.18. The van der Waals surface area contributed by atoms with Crippen LogP contribution in [0, 0.1) is 10.8 Å². The van der Waals surface area contributed by atoms with Gasteiger partial charge in [-0.2, -0.15) is 0 Å². The molecule has 0 aliphatic rings. The van der Waals surface area contributed by atoms with Crippen molar-refractivity contribution in [2.75, 3.05) is 0 Å². The third kappa shape index (κ3) is 25.8. The average molecular weight is 479 g/mol. The second kappa shape index (κ2) is 30.3. The van der Waals surface area contributed by atoms with E-state index in [1.54, 1.807) is 0 Å². The molecule has 0 amide bonds. The zero-order chi connectivity index (χ0) is 27.3. The fraction of sp³-hybridized carbons (Fsp3) is 0.824. The molecule has 0 nitrogen and oxygen atoms in total. The van der Waals surface area contributed by atoms with Gasteiger partial charge in [-0.05, 0) is 22.8 Å². The zero-order valence-corrected chi connectivity index (χ0v) is 26.6. The minimum Gasteiger partial charge on any atom is -0.0654 e. The van der Waals surface area contributed by atoms with Crippen molar-refractivity contribution in [2.45, 2.75) is 173 Å². The van der Waals surface area contributed by atoms with Gasteiger partial charge in [0.05, 0.1) is 0 Å². The molecular weight excluding hydrogens is 408 g/mol. The maximum absolute atomic E-state index is 2.35. The van der Waals surface area contributed by atoms with Crippen LogP contribution in [-0.4, -0.2) is 0 Å². The average Bonchev–Trinajstić information content (AvgIpc) is 2.91. The number of benzene rings is 1. The topological polar surface area (TPSA) is 0 Å². The Bertz CT molecular complexity index is 403. The van der Waals surface area contributed by atoms with Crippen molar-refractivity contribution < 1.29 is 0 Å². The Kier molecular flexibility index (Phi) is 35.9. The molecular formula is C34H70. The van der Waals surface area contributed by atoms with E-state index in [0.29, 0.717) is 10.8 Å². The molecule has 0 bridgehead atoms. The number of unbranched alkanes of at least 4 members (excludes halogenated alkanes) is 2. The predicted molar refractivity (Wildman–Crippen MR) is 164 cm³/mol. The van der Waals surface area contributed by atoms with Gasteiger partial charge in [-0.1, -0.05) is 197 Å². The van der Waals surface area contributed by atoms with Crippen molar-refractivity contribution in [1.29, 1.82) is 0 Å². The fourth-order valence-corrected chi connectivity index (χ4v) is 3.18. The molecule has 0 radical (unpaired) electrons. The van der Waals surface area contributed by atoms with E-state index in [1.165, 1.54) is 89.0 Å². The molecule has 1 aromatic carbocycles. The van der Waals surface area contributed by atoms with Crippen LogP contribution in [0.1, 0.15) is 173 Å². The number of aryl methyl sites for hydroxylation is 1. The molecule has 0 aliphatic heterocycles. The molecule has 1 aromatic rings. The lowest BCUT2D eigenvalue weighted by Gasteiger charge is -2.28. The van der Waals surface area contributed by atoms with E-state index in [-0.39, 0.29) is 0 Å². The van der Waals surface area contributed by atoms with E-state index in [9.17, 15) is 0 Å². The van der Waals surface area contributed by atoms with Gasteiger partial charge in [0, 0.05) is 0 Å².